The van der Waals surface area contributed by atoms with Crippen molar-refractivity contribution < 1.29 is 0 Å². The van der Waals surface area contributed by atoms with Crippen molar-refractivity contribution in [2.24, 2.45) is 0 Å². The Kier molecular flexibility index (Phi) is 7.19. The fraction of sp³-hybridized carbons (Fsp3) is 0.333. The van der Waals surface area contributed by atoms with Gasteiger partial charge in [-0.05, 0) is 33.5 Å². The number of rotatable bonds is 9. The average Bonchev–Trinajstić information content (AvgIpc) is 2.73. The van der Waals surface area contributed by atoms with Crippen LogP contribution in [0.3, 0.4) is 0 Å². The highest BCUT2D eigenvalue weighted by atomic mass is 15.2. The predicted octanol–water partition coefficient (Wildman–Crippen LogP) is 4.53. The summed E-state index contributed by atoms with van der Waals surface area (Å²) in [6, 6.07) is 23.2. The van der Waals surface area contributed by atoms with E-state index in [1.54, 1.807) is 0 Å². The van der Waals surface area contributed by atoms with Gasteiger partial charge in [-0.1, -0.05) is 60.7 Å². The average molecular weight is 390 g/mol. The highest BCUT2D eigenvalue weighted by Gasteiger charge is 2.16. The molecule has 0 aliphatic rings. The number of likely N-dealkylation sites (N-methyl/N-ethyl adjacent to an activating group) is 1. The summed E-state index contributed by atoms with van der Waals surface area (Å²) >= 11 is 0. The molecule has 152 valence electrons. The van der Waals surface area contributed by atoms with Gasteiger partial charge in [0, 0.05) is 37.3 Å². The highest BCUT2D eigenvalue weighted by Crippen LogP contribution is 2.26. The lowest BCUT2D eigenvalue weighted by Gasteiger charge is -2.28. The summed E-state index contributed by atoms with van der Waals surface area (Å²) < 4.78 is 0. The summed E-state index contributed by atoms with van der Waals surface area (Å²) in [7, 11) is 4.13. The minimum atomic E-state index is 0.309. The van der Waals surface area contributed by atoms with E-state index in [1.165, 1.54) is 5.56 Å². The Labute approximate surface area is 174 Å². The molecule has 0 saturated carbocycles. The van der Waals surface area contributed by atoms with E-state index in [0.717, 1.165) is 36.7 Å². The van der Waals surface area contributed by atoms with Gasteiger partial charge in [-0.15, -0.1) is 0 Å². The molecule has 0 unspecified atom stereocenters. The molecule has 0 fully saturated rings. The molecule has 0 bridgehead atoms. The monoisotopic (exact) mass is 389 g/mol. The zero-order valence-corrected chi connectivity index (χ0v) is 17.8. The van der Waals surface area contributed by atoms with E-state index in [9.17, 15) is 0 Å². The second-order valence-corrected chi connectivity index (χ2v) is 7.74. The molecular weight excluding hydrogens is 358 g/mol. The van der Waals surface area contributed by atoms with Crippen molar-refractivity contribution in [3.63, 3.8) is 0 Å². The van der Waals surface area contributed by atoms with Crippen LogP contribution >= 0.6 is 0 Å². The highest BCUT2D eigenvalue weighted by molar-refractivity contribution is 5.65. The lowest BCUT2D eigenvalue weighted by atomic mass is 10.1. The van der Waals surface area contributed by atoms with Crippen molar-refractivity contribution in [3.05, 3.63) is 72.3 Å². The van der Waals surface area contributed by atoms with E-state index in [4.69, 9.17) is 9.97 Å². The van der Waals surface area contributed by atoms with Crippen LogP contribution in [0.5, 0.6) is 0 Å². The Balaban J connectivity index is 1.95. The van der Waals surface area contributed by atoms with Crippen LogP contribution in [0.25, 0.3) is 11.3 Å². The largest absolute Gasteiger partial charge is 0.353 e. The van der Waals surface area contributed by atoms with Crippen molar-refractivity contribution in [2.75, 3.05) is 37.4 Å². The van der Waals surface area contributed by atoms with Crippen LogP contribution in [0.15, 0.2) is 66.7 Å². The summed E-state index contributed by atoms with van der Waals surface area (Å²) in [5, 5.41) is 3.39. The van der Waals surface area contributed by atoms with Crippen LogP contribution in [-0.2, 0) is 6.54 Å². The van der Waals surface area contributed by atoms with Gasteiger partial charge in [0.1, 0.15) is 5.82 Å². The molecule has 3 rings (SSSR count). The fourth-order valence-electron chi connectivity index (χ4n) is 3.12. The maximum Gasteiger partial charge on any atom is 0.225 e. The van der Waals surface area contributed by atoms with Gasteiger partial charge in [-0.25, -0.2) is 4.98 Å². The molecule has 0 amide bonds. The third-order valence-corrected chi connectivity index (χ3v) is 4.74. The molecule has 0 atom stereocenters. The van der Waals surface area contributed by atoms with Crippen molar-refractivity contribution in [1.82, 2.24) is 14.9 Å². The maximum atomic E-state index is 4.86. The number of anilines is 2. The standard InChI is InChI=1S/C24H31N5/c1-19(2)29(18-20-11-7-5-8-12-20)23-17-22(21-13-9-6-10-14-21)26-24(27-23)25-15-16-28(3)4/h5-14,17,19H,15-16,18H2,1-4H3,(H,25,26,27). The quantitative estimate of drug-likeness (QED) is 0.582. The number of hydrogen-bond acceptors (Lipinski definition) is 5. The van der Waals surface area contributed by atoms with Gasteiger partial charge in [-0.2, -0.15) is 4.98 Å². The smallest absolute Gasteiger partial charge is 0.225 e. The minimum absolute atomic E-state index is 0.309. The lowest BCUT2D eigenvalue weighted by molar-refractivity contribution is 0.425. The zero-order valence-electron chi connectivity index (χ0n) is 17.8. The van der Waals surface area contributed by atoms with Gasteiger partial charge >= 0.3 is 0 Å². The Hall–Kier alpha value is -2.92. The number of aromatic nitrogens is 2. The summed E-state index contributed by atoms with van der Waals surface area (Å²) in [5.41, 5.74) is 3.29. The number of nitrogens with zero attached hydrogens (tertiary/aromatic N) is 4. The van der Waals surface area contributed by atoms with E-state index >= 15 is 0 Å². The summed E-state index contributed by atoms with van der Waals surface area (Å²) in [6.45, 7) is 6.93. The molecular formula is C24H31N5. The molecule has 5 nitrogen and oxygen atoms in total. The molecule has 3 aromatic rings. The van der Waals surface area contributed by atoms with Gasteiger partial charge in [0.15, 0.2) is 0 Å². The number of hydrogen-bond donors (Lipinski definition) is 1. The summed E-state index contributed by atoms with van der Waals surface area (Å²) in [6.07, 6.45) is 0. The van der Waals surface area contributed by atoms with Crippen LogP contribution in [0.4, 0.5) is 11.8 Å². The minimum Gasteiger partial charge on any atom is -0.353 e. The Morgan fingerprint density at radius 2 is 1.55 bits per heavy atom. The molecule has 0 aliphatic heterocycles. The van der Waals surface area contributed by atoms with Gasteiger partial charge in [0.2, 0.25) is 5.95 Å². The first-order chi connectivity index (χ1) is 14.0. The van der Waals surface area contributed by atoms with Crippen LogP contribution in [0.1, 0.15) is 19.4 Å². The number of nitrogens with one attached hydrogen (secondary N) is 1. The Bertz CT molecular complexity index is 878. The maximum absolute atomic E-state index is 4.86. The zero-order chi connectivity index (χ0) is 20.6. The van der Waals surface area contributed by atoms with Crippen LogP contribution in [0.2, 0.25) is 0 Å². The third kappa shape index (κ3) is 6.03. The Morgan fingerprint density at radius 1 is 0.897 bits per heavy atom. The molecule has 1 heterocycles. The van der Waals surface area contributed by atoms with Gasteiger partial charge in [0.25, 0.3) is 0 Å². The van der Waals surface area contributed by atoms with Gasteiger partial charge < -0.3 is 15.1 Å². The van der Waals surface area contributed by atoms with Crippen LogP contribution < -0.4 is 10.2 Å². The lowest BCUT2D eigenvalue weighted by Crippen LogP contribution is -2.31. The first-order valence-corrected chi connectivity index (χ1v) is 10.2. The predicted molar refractivity (Wildman–Crippen MR) is 122 cm³/mol. The molecule has 2 aromatic carbocycles. The SMILES string of the molecule is CC(C)N(Cc1ccccc1)c1cc(-c2ccccc2)nc(NCCN(C)C)n1. The normalized spacial score (nSPS) is 11.1. The molecule has 1 N–H and O–H groups in total. The van der Waals surface area contributed by atoms with E-state index < -0.39 is 0 Å². The van der Waals surface area contributed by atoms with Crippen molar-refractivity contribution in [2.45, 2.75) is 26.4 Å². The fourth-order valence-corrected chi connectivity index (χ4v) is 3.12. The molecule has 0 spiro atoms. The molecule has 0 aliphatic carbocycles. The van der Waals surface area contributed by atoms with E-state index in [-0.39, 0.29) is 0 Å². The molecule has 0 saturated heterocycles. The topological polar surface area (TPSA) is 44.3 Å². The molecule has 29 heavy (non-hydrogen) atoms. The van der Waals surface area contributed by atoms with Gasteiger partial charge in [0.05, 0.1) is 5.69 Å². The van der Waals surface area contributed by atoms with Crippen molar-refractivity contribution in [1.29, 1.82) is 0 Å². The molecule has 0 radical (unpaired) electrons. The second-order valence-electron chi connectivity index (χ2n) is 7.74. The van der Waals surface area contributed by atoms with E-state index in [1.807, 2.05) is 24.3 Å². The summed E-state index contributed by atoms with van der Waals surface area (Å²) in [4.78, 5) is 14.1. The van der Waals surface area contributed by atoms with Crippen LogP contribution in [-0.4, -0.2) is 48.1 Å². The molecule has 5 heteroatoms. The summed E-state index contributed by atoms with van der Waals surface area (Å²) in [5.74, 6) is 1.60. The van der Waals surface area contributed by atoms with Crippen molar-refractivity contribution >= 4 is 11.8 Å². The Morgan fingerprint density at radius 3 is 2.17 bits per heavy atom. The van der Waals surface area contributed by atoms with E-state index in [0.29, 0.717) is 12.0 Å². The van der Waals surface area contributed by atoms with Crippen molar-refractivity contribution in [3.8, 4) is 11.3 Å². The second kappa shape index (κ2) is 10.0. The third-order valence-electron chi connectivity index (χ3n) is 4.74. The van der Waals surface area contributed by atoms with Gasteiger partial charge in [-0.3, -0.25) is 0 Å². The van der Waals surface area contributed by atoms with Crippen LogP contribution in [0, 0.1) is 0 Å². The first-order valence-electron chi connectivity index (χ1n) is 10.2. The molecule has 1 aromatic heterocycles. The number of benzene rings is 2. The van der Waals surface area contributed by atoms with E-state index in [2.05, 4.69) is 85.5 Å². The first kappa shape index (κ1) is 20.8.